The maximum atomic E-state index is 10.3. The molecule has 9 nitrogen and oxygen atoms in total. The highest BCUT2D eigenvalue weighted by Crippen LogP contribution is 2.37. The lowest BCUT2D eigenvalue weighted by atomic mass is 10.3. The number of thiocarbonyl (C=S) groups is 1. The molecular formula is C14H16N2O7P2S2. The summed E-state index contributed by atoms with van der Waals surface area (Å²) in [5, 5.41) is 9.63. The average molecular weight is 450 g/mol. The van der Waals surface area contributed by atoms with Gasteiger partial charge in [0.05, 0.1) is 5.16 Å². The summed E-state index contributed by atoms with van der Waals surface area (Å²) in [4.78, 5) is 34.4. The predicted octanol–water partition coefficient (Wildman–Crippen LogP) is 3.34. The Morgan fingerprint density at radius 2 is 1.41 bits per heavy atom. The Labute approximate surface area is 164 Å². The second-order valence-electron chi connectivity index (χ2n) is 4.16. The average Bonchev–Trinajstić information content (AvgIpc) is 2.55. The fourth-order valence-electron chi connectivity index (χ4n) is 1.26. The molecule has 0 amide bonds. The molecule has 0 aliphatic carbocycles. The summed E-state index contributed by atoms with van der Waals surface area (Å²) in [6.07, 6.45) is 0. The van der Waals surface area contributed by atoms with E-state index in [9.17, 15) is 9.13 Å². The molecule has 0 aliphatic rings. The van der Waals surface area contributed by atoms with Gasteiger partial charge in [-0.25, -0.2) is 14.5 Å². The van der Waals surface area contributed by atoms with Crippen LogP contribution in [0.4, 0.5) is 0 Å². The molecule has 0 atom stereocenters. The minimum Gasteiger partial charge on any atom is -0.404 e. The number of hydrogen-bond acceptors (Lipinski definition) is 5. The third-order valence-corrected chi connectivity index (χ3v) is 3.80. The van der Waals surface area contributed by atoms with Gasteiger partial charge in [0.2, 0.25) is 0 Å². The van der Waals surface area contributed by atoms with Gasteiger partial charge >= 0.3 is 15.6 Å². The van der Waals surface area contributed by atoms with Gasteiger partial charge in [0, 0.05) is 10.1 Å². The van der Waals surface area contributed by atoms with Crippen molar-refractivity contribution in [2.75, 3.05) is 0 Å². The van der Waals surface area contributed by atoms with Crippen LogP contribution in [0.25, 0.3) is 0 Å². The molecule has 0 aliphatic heterocycles. The number of para-hydroxylation sites is 1. The van der Waals surface area contributed by atoms with E-state index in [0.717, 1.165) is 4.90 Å². The van der Waals surface area contributed by atoms with E-state index in [-0.39, 0.29) is 5.75 Å². The van der Waals surface area contributed by atoms with Gasteiger partial charge in [0.25, 0.3) is 0 Å². The Hall–Kier alpha value is -1.73. The van der Waals surface area contributed by atoms with Gasteiger partial charge in [-0.15, -0.1) is 16.1 Å². The molecule has 2 aromatic rings. The Balaban J connectivity index is 0.000000442. The van der Waals surface area contributed by atoms with E-state index < -0.39 is 15.6 Å². The normalized spacial score (nSPS) is 9.93. The number of phosphoric acid groups is 1. The number of nitrogens with one attached hydrogen (secondary N) is 1. The van der Waals surface area contributed by atoms with E-state index in [0.29, 0.717) is 11.4 Å². The fourth-order valence-corrected chi connectivity index (χ4v) is 2.74. The van der Waals surface area contributed by atoms with Gasteiger partial charge in [-0.1, -0.05) is 36.4 Å². The fraction of sp³-hybridized carbons (Fsp3) is 0. The summed E-state index contributed by atoms with van der Waals surface area (Å²) >= 11 is 4.36. The summed E-state index contributed by atoms with van der Waals surface area (Å²) < 4.78 is 27.8. The second kappa shape index (κ2) is 13.4. The zero-order chi connectivity index (χ0) is 20.8. The van der Waals surface area contributed by atoms with Gasteiger partial charge in [-0.3, -0.25) is 9.79 Å². The number of rotatable bonds is 4. The largest absolute Gasteiger partial charge is 0.524 e. The first-order valence-corrected chi connectivity index (χ1v) is 11.1. The van der Waals surface area contributed by atoms with Gasteiger partial charge in [-0.2, -0.15) is 0 Å². The van der Waals surface area contributed by atoms with Crippen LogP contribution in [0.5, 0.6) is 5.75 Å². The molecule has 27 heavy (non-hydrogen) atoms. The van der Waals surface area contributed by atoms with Crippen molar-refractivity contribution in [3.05, 3.63) is 60.7 Å². The molecule has 0 bridgehead atoms. The van der Waals surface area contributed by atoms with E-state index in [2.05, 4.69) is 26.7 Å². The van der Waals surface area contributed by atoms with Crippen molar-refractivity contribution in [3.63, 3.8) is 0 Å². The summed E-state index contributed by atoms with van der Waals surface area (Å²) in [5.41, 5.74) is 0. The Morgan fingerprint density at radius 1 is 0.963 bits per heavy atom. The van der Waals surface area contributed by atoms with Crippen LogP contribution in [0.1, 0.15) is 0 Å². The maximum absolute atomic E-state index is 10.3. The highest BCUT2D eigenvalue weighted by atomic mass is 32.1. The van der Waals surface area contributed by atoms with Crippen molar-refractivity contribution in [2.45, 2.75) is 4.90 Å². The number of nitrogens with zero attached hydrogens (tertiary/aromatic N) is 1. The van der Waals surface area contributed by atoms with Crippen molar-refractivity contribution in [1.82, 2.24) is 0 Å². The maximum Gasteiger partial charge on any atom is 0.524 e. The molecule has 0 heterocycles. The minimum absolute atomic E-state index is 0.167. The highest BCUT2D eigenvalue weighted by Gasteiger charge is 2.14. The Bertz CT molecular complexity index is 873. The van der Waals surface area contributed by atoms with Gasteiger partial charge in [0.1, 0.15) is 5.75 Å². The summed E-state index contributed by atoms with van der Waals surface area (Å²) in [6.45, 7) is 0. The number of isothiocyanates is 2. The number of hydrogen-bond donors (Lipinski definition) is 6. The number of benzene rings is 2. The van der Waals surface area contributed by atoms with E-state index in [1.165, 1.54) is 12.1 Å². The van der Waals surface area contributed by atoms with Gasteiger partial charge in [-0.05, 0) is 36.5 Å². The zero-order valence-electron chi connectivity index (χ0n) is 13.5. The van der Waals surface area contributed by atoms with Crippen molar-refractivity contribution < 1.29 is 33.2 Å². The second-order valence-corrected chi connectivity index (χ2v) is 7.69. The monoisotopic (exact) mass is 450 g/mol. The lowest BCUT2D eigenvalue weighted by molar-refractivity contribution is 0.283. The first-order valence-electron chi connectivity index (χ1n) is 6.70. The van der Waals surface area contributed by atoms with E-state index >= 15 is 0 Å². The lowest BCUT2D eigenvalue weighted by Crippen LogP contribution is -1.88. The van der Waals surface area contributed by atoms with Crippen LogP contribution in [0.3, 0.4) is 0 Å². The quantitative estimate of drug-likeness (QED) is 0.179. The predicted molar refractivity (Wildman–Crippen MR) is 108 cm³/mol. The van der Waals surface area contributed by atoms with Crippen LogP contribution in [-0.2, 0) is 9.13 Å². The van der Waals surface area contributed by atoms with Crippen molar-refractivity contribution in [3.8, 4) is 5.75 Å². The Morgan fingerprint density at radius 3 is 1.81 bits per heavy atom. The van der Waals surface area contributed by atoms with Crippen LogP contribution in [0.15, 0.2) is 70.3 Å². The van der Waals surface area contributed by atoms with Crippen LogP contribution in [-0.4, -0.2) is 29.9 Å². The molecule has 0 aromatic heterocycles. The molecule has 5 N–H and O–H groups in total. The third-order valence-electron chi connectivity index (χ3n) is 2.08. The molecule has 0 radical (unpaired) electrons. The highest BCUT2D eigenvalue weighted by molar-refractivity contribution is 7.97. The Kier molecular flexibility index (Phi) is 12.6. The molecule has 146 valence electrons. The molecule has 0 fully saturated rings. The van der Waals surface area contributed by atoms with E-state index in [1.54, 1.807) is 23.4 Å². The van der Waals surface area contributed by atoms with Crippen molar-refractivity contribution >= 4 is 49.5 Å². The van der Waals surface area contributed by atoms with Gasteiger partial charge in [0.15, 0.2) is 0 Å². The van der Waals surface area contributed by atoms with Crippen LogP contribution >= 0.6 is 39.1 Å². The smallest absolute Gasteiger partial charge is 0.404 e. The van der Waals surface area contributed by atoms with Gasteiger partial charge < -0.3 is 14.3 Å². The summed E-state index contributed by atoms with van der Waals surface area (Å²) in [7, 11) is -8.68. The minimum atomic E-state index is -4.39. The number of phosphoric ester groups is 1. The third kappa shape index (κ3) is 17.4. The first kappa shape index (κ1) is 25.3. The van der Waals surface area contributed by atoms with Crippen molar-refractivity contribution in [1.29, 1.82) is 5.41 Å². The van der Waals surface area contributed by atoms with E-state index in [1.807, 2.05) is 30.3 Å². The lowest BCUT2D eigenvalue weighted by Gasteiger charge is -2.04. The summed E-state index contributed by atoms with van der Waals surface area (Å²) in [6, 6.07) is 17.1. The SMILES string of the molecule is N=C=S.O=P(O)(O)N=C=[SH]c1ccccc1.O=P(O)(O)Oc1ccccc1. The standard InChI is InChI=1S/C7H8NO3PS.C6H7O4P.CHNS/c9-12(10,11)8-6-13-7-4-2-1-3-5-7;7-11(8,9)10-6-4-2-1-3-5-6;2-1-3/h1-5,13H,(H2,9,10,11);1-5H,(H2,7,8,9);2H. The molecule has 2 aromatic carbocycles. The van der Waals surface area contributed by atoms with Crippen LogP contribution in [0.2, 0.25) is 0 Å². The summed E-state index contributed by atoms with van der Waals surface area (Å²) in [5.74, 6) is 0.167. The molecule has 13 heteroatoms. The first-order chi connectivity index (χ1) is 12.6. The number of thiol groups is 1. The van der Waals surface area contributed by atoms with E-state index in [4.69, 9.17) is 25.0 Å². The topological polar surface area (TPSA) is 160 Å². The molecule has 0 spiro atoms. The molecule has 0 unspecified atom stereocenters. The van der Waals surface area contributed by atoms with Crippen LogP contribution in [0, 0.1) is 5.41 Å². The van der Waals surface area contributed by atoms with Crippen molar-refractivity contribution in [2.24, 2.45) is 4.76 Å². The molecular weight excluding hydrogens is 434 g/mol. The van der Waals surface area contributed by atoms with Crippen LogP contribution < -0.4 is 4.52 Å². The molecule has 0 saturated carbocycles. The molecule has 0 saturated heterocycles. The molecule has 2 rings (SSSR count). The zero-order valence-corrected chi connectivity index (χ0v) is 17.0.